The van der Waals surface area contributed by atoms with Crippen LogP contribution in [-0.2, 0) is 0 Å². The predicted molar refractivity (Wildman–Crippen MR) is 62.6 cm³/mol. The SMILES string of the molecule is Cc1cccc(NC(=O)c2ccoc2C)c1. The molecule has 0 saturated heterocycles. The number of carbonyl (C=O) groups is 1. The molecular weight excluding hydrogens is 202 g/mol. The number of hydrogen-bond donors (Lipinski definition) is 1. The quantitative estimate of drug-likeness (QED) is 0.836. The summed E-state index contributed by atoms with van der Waals surface area (Å²) >= 11 is 0. The normalized spacial score (nSPS) is 10.1. The first-order valence-corrected chi connectivity index (χ1v) is 5.09. The maximum Gasteiger partial charge on any atom is 0.259 e. The Labute approximate surface area is 94.1 Å². The smallest absolute Gasteiger partial charge is 0.259 e. The standard InChI is InChI=1S/C13H13NO2/c1-9-4-3-5-11(8-9)14-13(15)12-6-7-16-10(12)2/h3-8H,1-2H3,(H,14,15). The minimum atomic E-state index is -0.142. The molecular formula is C13H13NO2. The van der Waals surface area contributed by atoms with E-state index < -0.39 is 0 Å². The Bertz CT molecular complexity index is 514. The first-order valence-electron chi connectivity index (χ1n) is 5.09. The van der Waals surface area contributed by atoms with Crippen molar-refractivity contribution in [3.8, 4) is 0 Å². The second kappa shape index (κ2) is 4.23. The number of anilines is 1. The molecule has 1 amide bonds. The summed E-state index contributed by atoms with van der Waals surface area (Å²) in [6, 6.07) is 9.35. The summed E-state index contributed by atoms with van der Waals surface area (Å²) in [5.74, 6) is 0.488. The highest BCUT2D eigenvalue weighted by Crippen LogP contribution is 2.14. The van der Waals surface area contributed by atoms with Crippen LogP contribution in [0.5, 0.6) is 0 Å². The zero-order chi connectivity index (χ0) is 11.5. The Balaban J connectivity index is 2.17. The molecule has 0 atom stereocenters. The third-order valence-electron chi connectivity index (χ3n) is 2.38. The van der Waals surface area contributed by atoms with Crippen molar-refractivity contribution in [3.63, 3.8) is 0 Å². The Hall–Kier alpha value is -2.03. The minimum absolute atomic E-state index is 0.142. The maximum atomic E-state index is 11.8. The summed E-state index contributed by atoms with van der Waals surface area (Å²) in [5.41, 5.74) is 2.48. The van der Waals surface area contributed by atoms with E-state index in [1.165, 1.54) is 6.26 Å². The lowest BCUT2D eigenvalue weighted by Crippen LogP contribution is -2.12. The number of carbonyl (C=O) groups excluding carboxylic acids is 1. The molecule has 16 heavy (non-hydrogen) atoms. The van der Waals surface area contributed by atoms with Crippen LogP contribution in [0.4, 0.5) is 5.69 Å². The molecule has 0 spiro atoms. The van der Waals surface area contributed by atoms with Crippen molar-refractivity contribution in [1.29, 1.82) is 0 Å². The van der Waals surface area contributed by atoms with Gasteiger partial charge in [0.1, 0.15) is 5.76 Å². The van der Waals surface area contributed by atoms with Gasteiger partial charge in [-0.1, -0.05) is 12.1 Å². The van der Waals surface area contributed by atoms with E-state index in [1.54, 1.807) is 13.0 Å². The molecule has 2 rings (SSSR count). The van der Waals surface area contributed by atoms with Crippen LogP contribution in [0.1, 0.15) is 21.7 Å². The number of nitrogens with one attached hydrogen (secondary N) is 1. The fourth-order valence-electron chi connectivity index (χ4n) is 1.54. The average Bonchev–Trinajstić information content (AvgIpc) is 2.64. The molecule has 82 valence electrons. The number of hydrogen-bond acceptors (Lipinski definition) is 2. The number of amides is 1. The molecule has 1 heterocycles. The van der Waals surface area contributed by atoms with E-state index in [4.69, 9.17) is 4.42 Å². The van der Waals surface area contributed by atoms with Crippen molar-refractivity contribution in [3.05, 3.63) is 53.5 Å². The summed E-state index contributed by atoms with van der Waals surface area (Å²) in [5, 5.41) is 2.83. The Morgan fingerprint density at radius 2 is 2.06 bits per heavy atom. The zero-order valence-corrected chi connectivity index (χ0v) is 9.28. The molecule has 1 aromatic carbocycles. The molecule has 2 aromatic rings. The van der Waals surface area contributed by atoms with E-state index in [-0.39, 0.29) is 5.91 Å². The lowest BCUT2D eigenvalue weighted by molar-refractivity contribution is 0.102. The molecule has 1 aromatic heterocycles. The van der Waals surface area contributed by atoms with Crippen molar-refractivity contribution < 1.29 is 9.21 Å². The molecule has 0 unspecified atom stereocenters. The molecule has 0 bridgehead atoms. The molecule has 0 aliphatic heterocycles. The lowest BCUT2D eigenvalue weighted by atomic mass is 10.2. The summed E-state index contributed by atoms with van der Waals surface area (Å²) in [6.07, 6.45) is 1.51. The fraction of sp³-hybridized carbons (Fsp3) is 0.154. The van der Waals surface area contributed by atoms with Crippen molar-refractivity contribution in [1.82, 2.24) is 0 Å². The van der Waals surface area contributed by atoms with Crippen LogP contribution in [-0.4, -0.2) is 5.91 Å². The molecule has 0 radical (unpaired) electrons. The summed E-state index contributed by atoms with van der Waals surface area (Å²) in [4.78, 5) is 11.8. The van der Waals surface area contributed by atoms with E-state index in [9.17, 15) is 4.79 Å². The van der Waals surface area contributed by atoms with Crippen LogP contribution in [0.25, 0.3) is 0 Å². The third kappa shape index (κ3) is 2.14. The van der Waals surface area contributed by atoms with Crippen LogP contribution in [0, 0.1) is 13.8 Å². The molecule has 3 nitrogen and oxygen atoms in total. The van der Waals surface area contributed by atoms with Crippen LogP contribution in [0.3, 0.4) is 0 Å². The highest BCUT2D eigenvalue weighted by atomic mass is 16.3. The van der Waals surface area contributed by atoms with Gasteiger partial charge < -0.3 is 9.73 Å². The number of aryl methyl sites for hydroxylation is 2. The average molecular weight is 215 g/mol. The second-order valence-electron chi connectivity index (χ2n) is 3.71. The molecule has 0 saturated carbocycles. The fourth-order valence-corrected chi connectivity index (χ4v) is 1.54. The highest BCUT2D eigenvalue weighted by Gasteiger charge is 2.11. The van der Waals surface area contributed by atoms with Gasteiger partial charge in [0, 0.05) is 5.69 Å². The Morgan fingerprint density at radius 1 is 1.25 bits per heavy atom. The monoisotopic (exact) mass is 215 g/mol. The van der Waals surface area contributed by atoms with Crippen LogP contribution in [0.2, 0.25) is 0 Å². The minimum Gasteiger partial charge on any atom is -0.469 e. The van der Waals surface area contributed by atoms with Crippen molar-refractivity contribution in [2.75, 3.05) is 5.32 Å². The topological polar surface area (TPSA) is 42.2 Å². The second-order valence-corrected chi connectivity index (χ2v) is 3.71. The van der Waals surface area contributed by atoms with E-state index in [2.05, 4.69) is 5.32 Å². The van der Waals surface area contributed by atoms with Crippen LogP contribution in [0.15, 0.2) is 41.0 Å². The number of benzene rings is 1. The molecule has 1 N–H and O–H groups in total. The van der Waals surface area contributed by atoms with E-state index in [0.717, 1.165) is 11.3 Å². The number of furan rings is 1. The van der Waals surface area contributed by atoms with Crippen LogP contribution < -0.4 is 5.32 Å². The van der Waals surface area contributed by atoms with Crippen LogP contribution >= 0.6 is 0 Å². The summed E-state index contributed by atoms with van der Waals surface area (Å²) in [7, 11) is 0. The van der Waals surface area contributed by atoms with E-state index >= 15 is 0 Å². The first kappa shape index (κ1) is 10.5. The van der Waals surface area contributed by atoms with Crippen molar-refractivity contribution in [2.24, 2.45) is 0 Å². The van der Waals surface area contributed by atoms with Gasteiger partial charge in [-0.3, -0.25) is 4.79 Å². The van der Waals surface area contributed by atoms with Gasteiger partial charge in [-0.25, -0.2) is 0 Å². The van der Waals surface area contributed by atoms with Gasteiger partial charge in [0.15, 0.2) is 0 Å². The van der Waals surface area contributed by atoms with E-state index in [1.807, 2.05) is 31.2 Å². The lowest BCUT2D eigenvalue weighted by Gasteiger charge is -2.04. The van der Waals surface area contributed by atoms with Crippen molar-refractivity contribution in [2.45, 2.75) is 13.8 Å². The highest BCUT2D eigenvalue weighted by molar-refractivity contribution is 6.04. The number of rotatable bonds is 2. The van der Waals surface area contributed by atoms with Gasteiger partial charge >= 0.3 is 0 Å². The predicted octanol–water partition coefficient (Wildman–Crippen LogP) is 3.15. The Morgan fingerprint density at radius 3 is 2.69 bits per heavy atom. The van der Waals surface area contributed by atoms with Gasteiger partial charge in [-0.15, -0.1) is 0 Å². The molecule has 3 heteroatoms. The zero-order valence-electron chi connectivity index (χ0n) is 9.28. The van der Waals surface area contributed by atoms with Gasteiger partial charge in [-0.05, 0) is 37.6 Å². The van der Waals surface area contributed by atoms with E-state index in [0.29, 0.717) is 11.3 Å². The Kier molecular flexibility index (Phi) is 2.77. The van der Waals surface area contributed by atoms with Crippen molar-refractivity contribution >= 4 is 11.6 Å². The molecule has 0 aliphatic rings. The maximum absolute atomic E-state index is 11.8. The van der Waals surface area contributed by atoms with Gasteiger partial charge in [0.2, 0.25) is 0 Å². The summed E-state index contributed by atoms with van der Waals surface area (Å²) < 4.78 is 5.09. The summed E-state index contributed by atoms with van der Waals surface area (Å²) in [6.45, 7) is 3.75. The van der Waals surface area contributed by atoms with Gasteiger partial charge in [0.25, 0.3) is 5.91 Å². The first-order chi connectivity index (χ1) is 7.66. The third-order valence-corrected chi connectivity index (χ3v) is 2.38. The van der Waals surface area contributed by atoms with Gasteiger partial charge in [0.05, 0.1) is 11.8 Å². The molecule has 0 fully saturated rings. The molecule has 0 aliphatic carbocycles. The largest absolute Gasteiger partial charge is 0.469 e. The van der Waals surface area contributed by atoms with Gasteiger partial charge in [-0.2, -0.15) is 0 Å².